The Kier molecular flexibility index (Phi) is 9.79. The van der Waals surface area contributed by atoms with Gasteiger partial charge in [0.05, 0.1) is 6.04 Å². The Morgan fingerprint density at radius 1 is 0.871 bits per heavy atom. The minimum Gasteiger partial charge on any atom is -0.368 e. The summed E-state index contributed by atoms with van der Waals surface area (Å²) >= 11 is 0. The van der Waals surface area contributed by atoms with Gasteiger partial charge in [0.1, 0.15) is 5.60 Å². The molecular weight excluding hydrogens is 433 g/mol. The number of piperazine rings is 1. The van der Waals surface area contributed by atoms with Gasteiger partial charge in [0.15, 0.2) is 0 Å². The Morgan fingerprint density at radius 2 is 1.35 bits per heavy atom. The zero-order chi connectivity index (χ0) is 20.1. The van der Waals surface area contributed by atoms with Gasteiger partial charge >= 0.3 is 0 Å². The van der Waals surface area contributed by atoms with E-state index < -0.39 is 5.60 Å². The second-order valence-corrected chi connectivity index (χ2v) is 8.00. The van der Waals surface area contributed by atoms with Crippen LogP contribution in [-0.2, 0) is 9.53 Å². The van der Waals surface area contributed by atoms with Gasteiger partial charge in [-0.3, -0.25) is 9.69 Å². The van der Waals surface area contributed by atoms with E-state index in [-0.39, 0.29) is 36.8 Å². The quantitative estimate of drug-likeness (QED) is 0.733. The van der Waals surface area contributed by atoms with Gasteiger partial charge in [-0.2, -0.15) is 0 Å². The molecule has 2 heterocycles. The third-order valence-corrected chi connectivity index (χ3v) is 6.39. The first-order valence-electron chi connectivity index (χ1n) is 10.6. The number of hydrogen-bond donors (Lipinski definition) is 1. The lowest BCUT2D eigenvalue weighted by Gasteiger charge is -2.44. The molecular formula is C24H33Cl2N3O2. The summed E-state index contributed by atoms with van der Waals surface area (Å²) in [7, 11) is 1.68. The Hall–Kier alpha value is -1.63. The monoisotopic (exact) mass is 465 g/mol. The van der Waals surface area contributed by atoms with Gasteiger partial charge < -0.3 is 15.0 Å². The van der Waals surface area contributed by atoms with E-state index in [0.29, 0.717) is 0 Å². The van der Waals surface area contributed by atoms with Crippen LogP contribution in [-0.4, -0.2) is 67.7 Å². The molecule has 1 amide bonds. The van der Waals surface area contributed by atoms with E-state index in [1.54, 1.807) is 7.11 Å². The molecule has 1 N–H and O–H groups in total. The summed E-state index contributed by atoms with van der Waals surface area (Å²) in [6.45, 7) is 4.88. The number of nitrogens with one attached hydrogen (secondary N) is 1. The number of methoxy groups -OCH3 is 1. The fourth-order valence-corrected chi connectivity index (χ4v) is 4.69. The van der Waals surface area contributed by atoms with Crippen LogP contribution in [0.4, 0.5) is 0 Å². The van der Waals surface area contributed by atoms with Gasteiger partial charge in [0, 0.05) is 33.3 Å². The number of carbonyl (C=O) groups excluding carboxylic acids is 1. The number of ether oxygens (including phenoxy) is 1. The van der Waals surface area contributed by atoms with Crippen LogP contribution in [0.25, 0.3) is 0 Å². The number of hydrogen-bond acceptors (Lipinski definition) is 4. The highest BCUT2D eigenvalue weighted by Crippen LogP contribution is 2.31. The number of amides is 1. The topological polar surface area (TPSA) is 44.8 Å². The van der Waals surface area contributed by atoms with E-state index in [0.717, 1.165) is 52.1 Å². The molecule has 0 atom stereocenters. The summed E-state index contributed by atoms with van der Waals surface area (Å²) in [6.07, 6.45) is 1.50. The number of rotatable bonds is 5. The molecule has 0 radical (unpaired) electrons. The van der Waals surface area contributed by atoms with Gasteiger partial charge in [-0.15, -0.1) is 24.8 Å². The molecule has 2 aliphatic rings. The predicted molar refractivity (Wildman–Crippen MR) is 129 cm³/mol. The summed E-state index contributed by atoms with van der Waals surface area (Å²) < 4.78 is 5.76. The molecule has 0 saturated carbocycles. The number of benzene rings is 2. The second kappa shape index (κ2) is 11.8. The Bertz CT molecular complexity index is 753. The maximum Gasteiger partial charge on any atom is 0.254 e. The van der Waals surface area contributed by atoms with Crippen molar-refractivity contribution >= 4 is 30.7 Å². The van der Waals surface area contributed by atoms with E-state index in [4.69, 9.17) is 4.74 Å². The number of nitrogens with zero attached hydrogens (tertiary/aromatic N) is 2. The van der Waals surface area contributed by atoms with Crippen molar-refractivity contribution < 1.29 is 9.53 Å². The predicted octanol–water partition coefficient (Wildman–Crippen LogP) is 3.53. The first-order chi connectivity index (χ1) is 14.2. The molecule has 0 aliphatic carbocycles. The molecule has 170 valence electrons. The summed E-state index contributed by atoms with van der Waals surface area (Å²) in [5, 5.41) is 3.33. The van der Waals surface area contributed by atoms with Gasteiger partial charge in [-0.05, 0) is 37.1 Å². The Balaban J connectivity index is 0.00000171. The highest BCUT2D eigenvalue weighted by molar-refractivity contribution is 5.86. The summed E-state index contributed by atoms with van der Waals surface area (Å²) in [5.41, 5.74) is 1.95. The molecule has 31 heavy (non-hydrogen) atoms. The summed E-state index contributed by atoms with van der Waals surface area (Å²) in [4.78, 5) is 17.8. The fourth-order valence-electron chi connectivity index (χ4n) is 4.69. The zero-order valence-corrected chi connectivity index (χ0v) is 19.7. The largest absolute Gasteiger partial charge is 0.368 e. The van der Waals surface area contributed by atoms with Crippen molar-refractivity contribution in [2.75, 3.05) is 46.4 Å². The lowest BCUT2D eigenvalue weighted by atomic mass is 9.90. The minimum absolute atomic E-state index is 0. The van der Waals surface area contributed by atoms with Gasteiger partial charge in [-0.25, -0.2) is 0 Å². The van der Waals surface area contributed by atoms with Crippen molar-refractivity contribution in [2.24, 2.45) is 0 Å². The van der Waals surface area contributed by atoms with Crippen molar-refractivity contribution in [3.63, 3.8) is 0 Å². The third-order valence-electron chi connectivity index (χ3n) is 6.39. The van der Waals surface area contributed by atoms with Crippen LogP contribution in [0.3, 0.4) is 0 Å². The molecule has 0 bridgehead atoms. The average molecular weight is 466 g/mol. The van der Waals surface area contributed by atoms with E-state index in [9.17, 15) is 4.79 Å². The van der Waals surface area contributed by atoms with Crippen LogP contribution in [0, 0.1) is 0 Å². The molecule has 4 rings (SSSR count). The van der Waals surface area contributed by atoms with Crippen molar-refractivity contribution in [1.29, 1.82) is 0 Å². The van der Waals surface area contributed by atoms with Crippen molar-refractivity contribution in [3.05, 3.63) is 71.8 Å². The van der Waals surface area contributed by atoms with Gasteiger partial charge in [-0.1, -0.05) is 60.7 Å². The van der Waals surface area contributed by atoms with Crippen molar-refractivity contribution in [1.82, 2.24) is 15.1 Å². The van der Waals surface area contributed by atoms with Crippen molar-refractivity contribution in [2.45, 2.75) is 24.5 Å². The SMILES string of the molecule is COC1(C(=O)N2CCN(C(c3ccccc3)c3ccccc3)CC2)CCNCC1.Cl.Cl. The van der Waals surface area contributed by atoms with Crippen LogP contribution in [0.15, 0.2) is 60.7 Å². The first-order valence-corrected chi connectivity index (χ1v) is 10.6. The molecule has 0 unspecified atom stereocenters. The molecule has 0 spiro atoms. The molecule has 2 aromatic rings. The van der Waals surface area contributed by atoms with E-state index in [1.165, 1.54) is 11.1 Å². The number of piperidine rings is 1. The first kappa shape index (κ1) is 25.6. The van der Waals surface area contributed by atoms with Crippen LogP contribution in [0.5, 0.6) is 0 Å². The zero-order valence-electron chi connectivity index (χ0n) is 18.0. The van der Waals surface area contributed by atoms with Crippen LogP contribution >= 0.6 is 24.8 Å². The maximum absolute atomic E-state index is 13.3. The summed E-state index contributed by atoms with van der Waals surface area (Å²) in [5.74, 6) is 0.164. The minimum atomic E-state index is -0.647. The fraction of sp³-hybridized carbons (Fsp3) is 0.458. The highest BCUT2D eigenvalue weighted by atomic mass is 35.5. The lowest BCUT2D eigenvalue weighted by Crippen LogP contribution is -2.59. The molecule has 2 aromatic carbocycles. The smallest absolute Gasteiger partial charge is 0.254 e. The second-order valence-electron chi connectivity index (χ2n) is 8.00. The standard InChI is InChI=1S/C24H31N3O2.2ClH/c1-29-24(12-14-25-15-13-24)23(28)27-18-16-26(17-19-27)22(20-8-4-2-5-9-20)21-10-6-3-7-11-21;;/h2-11,22,25H,12-19H2,1H3;2*1H. The van der Waals surface area contributed by atoms with Gasteiger partial charge in [0.25, 0.3) is 5.91 Å². The third kappa shape index (κ3) is 5.60. The highest BCUT2D eigenvalue weighted by Gasteiger charge is 2.43. The average Bonchev–Trinajstić information content (AvgIpc) is 2.81. The van der Waals surface area contributed by atoms with E-state index in [1.807, 2.05) is 4.90 Å². The van der Waals surface area contributed by atoms with E-state index >= 15 is 0 Å². The van der Waals surface area contributed by atoms with E-state index in [2.05, 4.69) is 70.9 Å². The Morgan fingerprint density at radius 3 is 1.81 bits per heavy atom. The molecule has 2 fully saturated rings. The molecule has 2 saturated heterocycles. The normalized spacial score (nSPS) is 18.7. The molecule has 2 aliphatic heterocycles. The van der Waals surface area contributed by atoms with Crippen LogP contribution in [0.2, 0.25) is 0 Å². The number of carbonyl (C=O) groups is 1. The van der Waals surface area contributed by atoms with Crippen LogP contribution in [0.1, 0.15) is 30.0 Å². The molecule has 5 nitrogen and oxygen atoms in total. The number of halogens is 2. The Labute approximate surface area is 198 Å². The lowest BCUT2D eigenvalue weighted by molar-refractivity contribution is -0.160. The summed E-state index contributed by atoms with van der Waals surface area (Å²) in [6, 6.07) is 21.5. The molecule has 7 heteroatoms. The van der Waals surface area contributed by atoms with Gasteiger partial charge in [0.2, 0.25) is 0 Å². The molecule has 0 aromatic heterocycles. The maximum atomic E-state index is 13.3. The van der Waals surface area contributed by atoms with Crippen molar-refractivity contribution in [3.8, 4) is 0 Å². The van der Waals surface area contributed by atoms with Crippen LogP contribution < -0.4 is 5.32 Å².